The van der Waals surface area contributed by atoms with Crippen LogP contribution in [0.15, 0.2) is 11.1 Å². The molecule has 1 aromatic heterocycles. The first-order valence-corrected chi connectivity index (χ1v) is 6.90. The Morgan fingerprint density at radius 1 is 1.40 bits per heavy atom. The van der Waals surface area contributed by atoms with Gasteiger partial charge in [0.05, 0.1) is 6.61 Å². The van der Waals surface area contributed by atoms with Gasteiger partial charge in [-0.15, -0.1) is 0 Å². The van der Waals surface area contributed by atoms with Crippen LogP contribution in [0.1, 0.15) is 17.0 Å². The molecule has 0 atom stereocenters. The van der Waals surface area contributed by atoms with E-state index in [1.807, 2.05) is 0 Å². The molecule has 5 nitrogen and oxygen atoms in total. The highest BCUT2D eigenvalue weighted by Gasteiger charge is 2.27. The van der Waals surface area contributed by atoms with Gasteiger partial charge in [-0.3, -0.25) is 9.69 Å². The summed E-state index contributed by atoms with van der Waals surface area (Å²) in [5.41, 5.74) is 3.94. The number of rotatable bonds is 5. The summed E-state index contributed by atoms with van der Waals surface area (Å²) in [6, 6.07) is 2.10. The predicted molar refractivity (Wildman–Crippen MR) is 82.3 cm³/mol. The molecule has 0 N–H and O–H groups in total. The van der Waals surface area contributed by atoms with E-state index < -0.39 is 0 Å². The minimum absolute atomic E-state index is 0.100. The van der Waals surface area contributed by atoms with Gasteiger partial charge < -0.3 is 9.30 Å². The van der Waals surface area contributed by atoms with Crippen LogP contribution in [0.4, 0.5) is 0 Å². The lowest BCUT2D eigenvalue weighted by Crippen LogP contribution is -2.29. The van der Waals surface area contributed by atoms with Crippen LogP contribution >= 0.6 is 12.2 Å². The number of nitrogens with zero attached hydrogens (tertiary/aromatic N) is 3. The average molecular weight is 293 g/mol. The van der Waals surface area contributed by atoms with Crippen molar-refractivity contribution < 1.29 is 9.53 Å². The summed E-state index contributed by atoms with van der Waals surface area (Å²) in [6.07, 6.45) is 0.524. The van der Waals surface area contributed by atoms with Gasteiger partial charge in [0.1, 0.15) is 5.71 Å². The number of ether oxygens (including phenoxy) is 1. The molecule has 1 aromatic rings. The number of hydrogen-bond donors (Lipinski definition) is 0. The van der Waals surface area contributed by atoms with Gasteiger partial charge in [-0.1, -0.05) is 0 Å². The van der Waals surface area contributed by atoms with Crippen molar-refractivity contribution in [3.05, 3.63) is 23.0 Å². The summed E-state index contributed by atoms with van der Waals surface area (Å²) in [6.45, 7) is 5.59. The first-order chi connectivity index (χ1) is 9.45. The van der Waals surface area contributed by atoms with E-state index in [1.165, 1.54) is 4.90 Å². The molecule has 20 heavy (non-hydrogen) atoms. The van der Waals surface area contributed by atoms with E-state index >= 15 is 0 Å². The van der Waals surface area contributed by atoms with Crippen LogP contribution in [0.3, 0.4) is 0 Å². The summed E-state index contributed by atoms with van der Waals surface area (Å²) >= 11 is 5.03. The molecule has 0 saturated heterocycles. The molecular weight excluding hydrogens is 274 g/mol. The molecule has 0 aromatic carbocycles. The largest absolute Gasteiger partial charge is 0.383 e. The van der Waals surface area contributed by atoms with Crippen LogP contribution in [0.5, 0.6) is 0 Å². The molecule has 1 amide bonds. The second-order valence-corrected chi connectivity index (χ2v) is 5.29. The quantitative estimate of drug-likeness (QED) is 0.773. The maximum Gasteiger partial charge on any atom is 0.274 e. The molecule has 0 aliphatic carbocycles. The van der Waals surface area contributed by atoms with Crippen molar-refractivity contribution in [2.45, 2.75) is 26.8 Å². The van der Waals surface area contributed by atoms with Gasteiger partial charge in [0.15, 0.2) is 0 Å². The number of aromatic nitrogens is 1. The van der Waals surface area contributed by atoms with Crippen molar-refractivity contribution in [2.24, 2.45) is 4.99 Å². The fourth-order valence-electron chi connectivity index (χ4n) is 2.39. The van der Waals surface area contributed by atoms with Crippen molar-refractivity contribution >= 4 is 28.9 Å². The topological polar surface area (TPSA) is 46.8 Å². The lowest BCUT2D eigenvalue weighted by molar-refractivity contribution is -0.119. The SMILES string of the molecule is COCCn1c(C)cc(CC2=NC(=S)N(C)C2=O)c1C. The second kappa shape index (κ2) is 5.85. The van der Waals surface area contributed by atoms with E-state index in [4.69, 9.17) is 17.0 Å². The highest BCUT2D eigenvalue weighted by Crippen LogP contribution is 2.18. The number of thiocarbonyl (C=S) groups is 1. The summed E-state index contributed by atoms with van der Waals surface area (Å²) in [5, 5.41) is 0.346. The highest BCUT2D eigenvalue weighted by atomic mass is 32.1. The first-order valence-electron chi connectivity index (χ1n) is 6.49. The molecular formula is C14H19N3O2S. The van der Waals surface area contributed by atoms with Crippen LogP contribution in [0.2, 0.25) is 0 Å². The van der Waals surface area contributed by atoms with Crippen LogP contribution in [-0.4, -0.2) is 47.0 Å². The lowest BCUT2D eigenvalue weighted by atomic mass is 10.1. The molecule has 0 fully saturated rings. The van der Waals surface area contributed by atoms with E-state index in [0.29, 0.717) is 23.9 Å². The van der Waals surface area contributed by atoms with Crippen LogP contribution in [0, 0.1) is 13.8 Å². The van der Waals surface area contributed by atoms with Gasteiger partial charge in [-0.05, 0) is 37.7 Å². The van der Waals surface area contributed by atoms with E-state index in [9.17, 15) is 4.79 Å². The van der Waals surface area contributed by atoms with Gasteiger partial charge in [-0.25, -0.2) is 4.99 Å². The van der Waals surface area contributed by atoms with E-state index in [-0.39, 0.29) is 5.91 Å². The zero-order chi connectivity index (χ0) is 14.9. The lowest BCUT2D eigenvalue weighted by Gasteiger charge is -2.09. The van der Waals surface area contributed by atoms with Crippen molar-refractivity contribution in [3.63, 3.8) is 0 Å². The van der Waals surface area contributed by atoms with Crippen molar-refractivity contribution in [1.29, 1.82) is 0 Å². The standard InChI is InChI=1S/C14H19N3O2S/c1-9-7-11(10(2)17(9)5-6-19-4)8-12-13(18)16(3)14(20)15-12/h7H,5-6,8H2,1-4H3. The number of aliphatic imine (C=N–C) groups is 1. The molecule has 0 spiro atoms. The number of carbonyl (C=O) groups is 1. The van der Waals surface area contributed by atoms with Crippen LogP contribution < -0.4 is 0 Å². The average Bonchev–Trinajstić information content (AvgIpc) is 2.81. The zero-order valence-corrected chi connectivity index (χ0v) is 13.1. The third-order valence-corrected chi connectivity index (χ3v) is 3.99. The predicted octanol–water partition coefficient (Wildman–Crippen LogP) is 1.49. The van der Waals surface area contributed by atoms with E-state index in [0.717, 1.165) is 23.5 Å². The Balaban J connectivity index is 2.21. The Kier molecular flexibility index (Phi) is 4.35. The smallest absolute Gasteiger partial charge is 0.274 e. The van der Waals surface area contributed by atoms with Crippen LogP contribution in [0.25, 0.3) is 0 Å². The molecule has 0 unspecified atom stereocenters. The molecule has 0 bridgehead atoms. The highest BCUT2D eigenvalue weighted by molar-refractivity contribution is 7.80. The maximum absolute atomic E-state index is 12.0. The fourth-order valence-corrected chi connectivity index (χ4v) is 2.59. The van der Waals surface area contributed by atoms with Gasteiger partial charge in [0, 0.05) is 38.5 Å². The van der Waals surface area contributed by atoms with Crippen molar-refractivity contribution in [3.8, 4) is 0 Å². The van der Waals surface area contributed by atoms with Gasteiger partial charge >= 0.3 is 0 Å². The summed E-state index contributed by atoms with van der Waals surface area (Å²) in [7, 11) is 3.35. The molecule has 1 aliphatic heterocycles. The third kappa shape index (κ3) is 2.66. The number of methoxy groups -OCH3 is 1. The van der Waals surface area contributed by atoms with Gasteiger partial charge in [0.25, 0.3) is 5.91 Å². The number of hydrogen-bond acceptors (Lipinski definition) is 3. The maximum atomic E-state index is 12.0. The Morgan fingerprint density at radius 2 is 2.10 bits per heavy atom. The molecule has 2 rings (SSSR count). The van der Waals surface area contributed by atoms with Crippen LogP contribution in [-0.2, 0) is 22.5 Å². The minimum Gasteiger partial charge on any atom is -0.383 e. The number of aryl methyl sites for hydroxylation is 1. The zero-order valence-electron chi connectivity index (χ0n) is 12.3. The number of amides is 1. The minimum atomic E-state index is -0.100. The van der Waals surface area contributed by atoms with Crippen molar-refractivity contribution in [1.82, 2.24) is 9.47 Å². The first kappa shape index (κ1) is 14.9. The Bertz CT molecular complexity index is 589. The van der Waals surface area contributed by atoms with E-state index in [2.05, 4.69) is 29.5 Å². The Labute approximate surface area is 124 Å². The number of carbonyl (C=O) groups excluding carboxylic acids is 1. The van der Waals surface area contributed by atoms with Gasteiger partial charge in [0.2, 0.25) is 5.11 Å². The second-order valence-electron chi connectivity index (χ2n) is 4.92. The van der Waals surface area contributed by atoms with E-state index in [1.54, 1.807) is 14.2 Å². The molecule has 2 heterocycles. The molecule has 108 valence electrons. The molecule has 0 saturated carbocycles. The Hall–Kier alpha value is -1.53. The molecule has 0 radical (unpaired) electrons. The fraction of sp³-hybridized carbons (Fsp3) is 0.500. The monoisotopic (exact) mass is 293 g/mol. The molecule has 1 aliphatic rings. The third-order valence-electron chi connectivity index (χ3n) is 3.62. The summed E-state index contributed by atoms with van der Waals surface area (Å²) in [5.74, 6) is -0.100. The molecule has 6 heteroatoms. The summed E-state index contributed by atoms with van der Waals surface area (Å²) < 4.78 is 7.32. The van der Waals surface area contributed by atoms with Crippen molar-refractivity contribution in [2.75, 3.05) is 20.8 Å². The normalized spacial score (nSPS) is 15.2. The summed E-state index contributed by atoms with van der Waals surface area (Å²) in [4.78, 5) is 17.6. The Morgan fingerprint density at radius 3 is 2.65 bits per heavy atom. The van der Waals surface area contributed by atoms with Gasteiger partial charge in [-0.2, -0.15) is 0 Å².